The molecule has 2 aromatic rings. The third-order valence-corrected chi connectivity index (χ3v) is 4.55. The second-order valence-electron chi connectivity index (χ2n) is 4.47. The second-order valence-corrected chi connectivity index (χ2v) is 5.46. The van der Waals surface area contributed by atoms with Gasteiger partial charge in [0.25, 0.3) is 0 Å². The van der Waals surface area contributed by atoms with Crippen LogP contribution in [0.25, 0.3) is 0 Å². The van der Waals surface area contributed by atoms with E-state index in [-0.39, 0.29) is 10.2 Å². The number of halogens is 1. The van der Waals surface area contributed by atoms with E-state index in [0.29, 0.717) is 0 Å². The smallest absolute Gasteiger partial charge is 0.134 e. The molecular formula is C16H15BrO. The summed E-state index contributed by atoms with van der Waals surface area (Å²) in [7, 11) is 0. The molecule has 1 unspecified atom stereocenters. The first-order chi connectivity index (χ1) is 8.69. The van der Waals surface area contributed by atoms with Crippen molar-refractivity contribution in [1.29, 1.82) is 0 Å². The molecule has 2 aromatic carbocycles. The largest absolute Gasteiger partial charge is 0.302 e. The Kier molecular flexibility index (Phi) is 3.97. The predicted molar refractivity (Wildman–Crippen MR) is 78.1 cm³/mol. The lowest BCUT2D eigenvalue weighted by Gasteiger charge is -2.33. The van der Waals surface area contributed by atoms with Crippen molar-refractivity contribution in [2.45, 2.75) is 17.2 Å². The number of hydrogen-bond donors (Lipinski definition) is 0. The van der Waals surface area contributed by atoms with E-state index < -0.39 is 0 Å². The van der Waals surface area contributed by atoms with Gasteiger partial charge in [0.15, 0.2) is 0 Å². The molecule has 2 heteroatoms. The van der Waals surface area contributed by atoms with Crippen LogP contribution < -0.4 is 0 Å². The third kappa shape index (κ3) is 2.25. The van der Waals surface area contributed by atoms with E-state index in [0.717, 1.165) is 17.4 Å². The Morgan fingerprint density at radius 3 is 1.67 bits per heavy atom. The van der Waals surface area contributed by atoms with Crippen molar-refractivity contribution in [3.8, 4) is 0 Å². The zero-order valence-corrected chi connectivity index (χ0v) is 11.8. The van der Waals surface area contributed by atoms with Gasteiger partial charge < -0.3 is 4.79 Å². The van der Waals surface area contributed by atoms with Crippen molar-refractivity contribution in [2.24, 2.45) is 0 Å². The maximum atomic E-state index is 11.3. The van der Waals surface area contributed by atoms with E-state index in [4.69, 9.17) is 0 Å². The summed E-state index contributed by atoms with van der Waals surface area (Å²) in [4.78, 5) is 11.0. The lowest BCUT2D eigenvalue weighted by molar-refractivity contribution is -0.108. The van der Waals surface area contributed by atoms with Crippen molar-refractivity contribution in [2.75, 3.05) is 0 Å². The summed E-state index contributed by atoms with van der Waals surface area (Å²) in [6.07, 6.45) is 0.958. The van der Waals surface area contributed by atoms with Crippen LogP contribution in [0.15, 0.2) is 60.7 Å². The van der Waals surface area contributed by atoms with E-state index in [2.05, 4.69) is 47.1 Å². The van der Waals surface area contributed by atoms with Gasteiger partial charge in [0.1, 0.15) is 6.29 Å². The Morgan fingerprint density at radius 2 is 1.33 bits per heavy atom. The van der Waals surface area contributed by atoms with Crippen molar-refractivity contribution in [1.82, 2.24) is 0 Å². The average Bonchev–Trinajstić information content (AvgIpc) is 2.47. The molecule has 0 amide bonds. The van der Waals surface area contributed by atoms with E-state index in [1.54, 1.807) is 0 Å². The topological polar surface area (TPSA) is 17.1 Å². The number of rotatable bonds is 4. The third-order valence-electron chi connectivity index (χ3n) is 3.42. The fourth-order valence-corrected chi connectivity index (χ4v) is 2.72. The number of benzene rings is 2. The summed E-state index contributed by atoms with van der Waals surface area (Å²) in [5.74, 6) is 0. The fourth-order valence-electron chi connectivity index (χ4n) is 2.19. The van der Waals surface area contributed by atoms with E-state index >= 15 is 0 Å². The molecule has 2 rings (SSSR count). The van der Waals surface area contributed by atoms with E-state index in [1.165, 1.54) is 0 Å². The first-order valence-electron chi connectivity index (χ1n) is 5.90. The molecule has 18 heavy (non-hydrogen) atoms. The minimum Gasteiger partial charge on any atom is -0.302 e. The molecule has 92 valence electrons. The van der Waals surface area contributed by atoms with Gasteiger partial charge in [-0.05, 0) is 18.1 Å². The Balaban J connectivity index is 2.59. The summed E-state index contributed by atoms with van der Waals surface area (Å²) >= 11 is 3.50. The summed E-state index contributed by atoms with van der Waals surface area (Å²) in [5, 5.41) is 0. The van der Waals surface area contributed by atoms with Gasteiger partial charge in [0, 0.05) is 5.41 Å². The molecule has 0 aliphatic carbocycles. The van der Waals surface area contributed by atoms with Gasteiger partial charge in [-0.3, -0.25) is 0 Å². The SMILES string of the molecule is CC(c1ccccc1)(c1ccccc1)C(Br)C=O. The monoisotopic (exact) mass is 302 g/mol. The van der Waals surface area contributed by atoms with Gasteiger partial charge in [0.2, 0.25) is 0 Å². The van der Waals surface area contributed by atoms with Gasteiger partial charge in [-0.1, -0.05) is 76.6 Å². The van der Waals surface area contributed by atoms with Crippen LogP contribution >= 0.6 is 15.9 Å². The molecule has 0 N–H and O–H groups in total. The van der Waals surface area contributed by atoms with Crippen LogP contribution in [0.5, 0.6) is 0 Å². The molecule has 0 bridgehead atoms. The van der Waals surface area contributed by atoms with Crippen LogP contribution in [-0.2, 0) is 10.2 Å². The molecule has 0 saturated heterocycles. The standard InChI is InChI=1S/C16H15BrO/c1-16(15(17)12-18,13-8-4-2-5-9-13)14-10-6-3-7-11-14/h2-12,15H,1H3. The maximum Gasteiger partial charge on any atom is 0.134 e. The minimum atomic E-state index is -0.357. The lowest BCUT2D eigenvalue weighted by atomic mass is 9.74. The van der Waals surface area contributed by atoms with Crippen molar-refractivity contribution < 1.29 is 4.79 Å². The van der Waals surface area contributed by atoms with Gasteiger partial charge >= 0.3 is 0 Å². The van der Waals surface area contributed by atoms with Crippen LogP contribution in [0.3, 0.4) is 0 Å². The molecular weight excluding hydrogens is 288 g/mol. The quantitative estimate of drug-likeness (QED) is 0.617. The highest BCUT2D eigenvalue weighted by Crippen LogP contribution is 2.37. The molecule has 0 fully saturated rings. The van der Waals surface area contributed by atoms with Gasteiger partial charge in [-0.15, -0.1) is 0 Å². The fraction of sp³-hybridized carbons (Fsp3) is 0.188. The Bertz CT molecular complexity index is 468. The van der Waals surface area contributed by atoms with Crippen molar-refractivity contribution in [3.63, 3.8) is 0 Å². The van der Waals surface area contributed by atoms with Gasteiger partial charge in [0.05, 0.1) is 4.83 Å². The molecule has 1 nitrogen and oxygen atoms in total. The number of alkyl halides is 1. The number of aldehydes is 1. The molecule has 0 aliphatic heterocycles. The highest BCUT2D eigenvalue weighted by Gasteiger charge is 2.35. The predicted octanol–water partition coefficient (Wildman–Crippen LogP) is 3.96. The molecule has 0 saturated carbocycles. The summed E-state index contributed by atoms with van der Waals surface area (Å²) < 4.78 is 0. The average molecular weight is 303 g/mol. The van der Waals surface area contributed by atoms with Crippen LogP contribution in [-0.4, -0.2) is 11.1 Å². The van der Waals surface area contributed by atoms with Crippen LogP contribution in [0.4, 0.5) is 0 Å². The zero-order chi connectivity index (χ0) is 13.0. The highest BCUT2D eigenvalue weighted by molar-refractivity contribution is 9.10. The normalized spacial score (nSPS) is 13.0. The Morgan fingerprint density at radius 1 is 0.944 bits per heavy atom. The first-order valence-corrected chi connectivity index (χ1v) is 6.81. The zero-order valence-electron chi connectivity index (χ0n) is 10.2. The van der Waals surface area contributed by atoms with Crippen LogP contribution in [0.2, 0.25) is 0 Å². The molecule has 0 aliphatic rings. The van der Waals surface area contributed by atoms with Gasteiger partial charge in [-0.2, -0.15) is 0 Å². The van der Waals surface area contributed by atoms with Crippen LogP contribution in [0, 0.1) is 0 Å². The minimum absolute atomic E-state index is 0.255. The van der Waals surface area contributed by atoms with Gasteiger partial charge in [-0.25, -0.2) is 0 Å². The molecule has 1 atom stereocenters. The Labute approximate surface area is 116 Å². The molecule has 0 aromatic heterocycles. The Hall–Kier alpha value is -1.41. The lowest BCUT2D eigenvalue weighted by Crippen LogP contribution is -2.35. The number of carbonyl (C=O) groups is 1. The maximum absolute atomic E-state index is 11.3. The van der Waals surface area contributed by atoms with E-state index in [1.807, 2.05) is 36.4 Å². The van der Waals surface area contributed by atoms with Crippen molar-refractivity contribution >= 4 is 22.2 Å². The first kappa shape index (κ1) is 13.0. The second kappa shape index (κ2) is 5.49. The highest BCUT2D eigenvalue weighted by atomic mass is 79.9. The molecule has 0 radical (unpaired) electrons. The summed E-state index contributed by atoms with van der Waals surface area (Å²) in [6.45, 7) is 2.09. The number of carbonyl (C=O) groups excluding carboxylic acids is 1. The molecule has 0 heterocycles. The summed E-state index contributed by atoms with van der Waals surface area (Å²) in [5.41, 5.74) is 1.90. The number of hydrogen-bond acceptors (Lipinski definition) is 1. The van der Waals surface area contributed by atoms with Crippen LogP contribution in [0.1, 0.15) is 18.1 Å². The van der Waals surface area contributed by atoms with E-state index in [9.17, 15) is 4.79 Å². The molecule has 0 spiro atoms. The summed E-state index contributed by atoms with van der Waals surface area (Å²) in [6, 6.07) is 20.2. The van der Waals surface area contributed by atoms with Crippen molar-refractivity contribution in [3.05, 3.63) is 71.8 Å².